The summed E-state index contributed by atoms with van der Waals surface area (Å²) in [5.74, 6) is 0.631. The summed E-state index contributed by atoms with van der Waals surface area (Å²) < 4.78 is 4.94. The molecule has 11 heavy (non-hydrogen) atoms. The van der Waals surface area contributed by atoms with Crippen molar-refractivity contribution in [1.82, 2.24) is 0 Å². The van der Waals surface area contributed by atoms with Gasteiger partial charge in [0.05, 0.1) is 11.9 Å². The van der Waals surface area contributed by atoms with Crippen LogP contribution >= 0.6 is 12.6 Å². The summed E-state index contributed by atoms with van der Waals surface area (Å²) >= 11 is 3.96. The van der Waals surface area contributed by atoms with E-state index in [4.69, 9.17) is 4.74 Å². The molecule has 0 aliphatic heterocycles. The van der Waals surface area contributed by atoms with Crippen molar-refractivity contribution in [2.24, 2.45) is 5.92 Å². The molecule has 1 saturated carbocycles. The van der Waals surface area contributed by atoms with E-state index in [9.17, 15) is 4.79 Å². The predicted molar refractivity (Wildman–Crippen MR) is 46.7 cm³/mol. The van der Waals surface area contributed by atoms with E-state index in [0.717, 1.165) is 12.3 Å². The number of rotatable bonds is 4. The first-order valence-electron chi connectivity index (χ1n) is 4.05. The van der Waals surface area contributed by atoms with Gasteiger partial charge in [0.1, 0.15) is 0 Å². The number of carbonyl (C=O) groups excluding carboxylic acids is 1. The maximum absolute atomic E-state index is 10.8. The summed E-state index contributed by atoms with van der Waals surface area (Å²) in [7, 11) is 0. The maximum Gasteiger partial charge on any atom is 0.318 e. The third-order valence-corrected chi connectivity index (χ3v) is 2.02. The van der Waals surface area contributed by atoms with Crippen molar-refractivity contribution in [3.05, 3.63) is 0 Å². The van der Waals surface area contributed by atoms with E-state index in [1.165, 1.54) is 12.8 Å². The van der Waals surface area contributed by atoms with E-state index in [1.807, 2.05) is 0 Å². The molecular weight excluding hydrogens is 160 g/mol. The summed E-state index contributed by atoms with van der Waals surface area (Å²) in [5, 5.41) is -0.283. The molecule has 64 valence electrons. The molecule has 0 spiro atoms. The molecule has 1 aliphatic rings. The molecule has 0 amide bonds. The van der Waals surface area contributed by atoms with Gasteiger partial charge in [-0.1, -0.05) is 12.8 Å². The zero-order valence-corrected chi connectivity index (χ0v) is 7.64. The molecule has 0 saturated heterocycles. The van der Waals surface area contributed by atoms with Crippen LogP contribution in [0.4, 0.5) is 0 Å². The van der Waals surface area contributed by atoms with Crippen LogP contribution in [0.3, 0.4) is 0 Å². The quantitative estimate of drug-likeness (QED) is 0.518. The first kappa shape index (κ1) is 8.91. The highest BCUT2D eigenvalue weighted by Crippen LogP contribution is 2.32. The maximum atomic E-state index is 10.8. The second-order valence-electron chi connectivity index (χ2n) is 3.08. The fourth-order valence-corrected chi connectivity index (χ4v) is 0.928. The summed E-state index contributed by atoms with van der Waals surface area (Å²) in [6, 6.07) is 0. The van der Waals surface area contributed by atoms with Crippen molar-refractivity contribution >= 4 is 18.6 Å². The lowest BCUT2D eigenvalue weighted by Gasteiger charge is -2.04. The summed E-state index contributed by atoms with van der Waals surface area (Å²) in [6.07, 6.45) is 3.66. The van der Waals surface area contributed by atoms with Gasteiger partial charge in [0, 0.05) is 0 Å². The van der Waals surface area contributed by atoms with Gasteiger partial charge in [0.25, 0.3) is 0 Å². The molecule has 1 atom stereocenters. The second-order valence-corrected chi connectivity index (χ2v) is 3.85. The molecule has 0 aromatic carbocycles. The van der Waals surface area contributed by atoms with Gasteiger partial charge in [-0.2, -0.15) is 12.6 Å². The first-order chi connectivity index (χ1) is 5.20. The molecule has 2 nitrogen and oxygen atoms in total. The van der Waals surface area contributed by atoms with Crippen molar-refractivity contribution < 1.29 is 9.53 Å². The van der Waals surface area contributed by atoms with E-state index in [2.05, 4.69) is 12.6 Å². The van der Waals surface area contributed by atoms with Crippen LogP contribution in [-0.2, 0) is 9.53 Å². The van der Waals surface area contributed by atoms with Crippen LogP contribution in [0.25, 0.3) is 0 Å². The number of hydrogen-bond donors (Lipinski definition) is 1. The topological polar surface area (TPSA) is 26.3 Å². The van der Waals surface area contributed by atoms with Gasteiger partial charge in [0.2, 0.25) is 0 Å². The van der Waals surface area contributed by atoms with Crippen LogP contribution in [0.5, 0.6) is 0 Å². The SMILES string of the molecule is CC(S)C(=O)OCCC1CC1. The lowest BCUT2D eigenvalue weighted by Crippen LogP contribution is -2.15. The minimum Gasteiger partial charge on any atom is -0.465 e. The molecule has 1 rings (SSSR count). The summed E-state index contributed by atoms with van der Waals surface area (Å²) in [5.41, 5.74) is 0. The highest BCUT2D eigenvalue weighted by Gasteiger charge is 2.21. The van der Waals surface area contributed by atoms with Crippen molar-refractivity contribution in [1.29, 1.82) is 0 Å². The summed E-state index contributed by atoms with van der Waals surface area (Å²) in [6.45, 7) is 2.30. The third kappa shape index (κ3) is 3.65. The van der Waals surface area contributed by atoms with E-state index in [-0.39, 0.29) is 11.2 Å². The molecule has 0 aromatic heterocycles. The minimum atomic E-state index is -0.283. The van der Waals surface area contributed by atoms with E-state index < -0.39 is 0 Å². The number of carbonyl (C=O) groups is 1. The Kier molecular flexibility index (Phi) is 3.24. The molecule has 0 bridgehead atoms. The fraction of sp³-hybridized carbons (Fsp3) is 0.875. The van der Waals surface area contributed by atoms with Gasteiger partial charge >= 0.3 is 5.97 Å². The first-order valence-corrected chi connectivity index (χ1v) is 4.56. The van der Waals surface area contributed by atoms with Crippen LogP contribution in [0, 0.1) is 5.92 Å². The average molecular weight is 174 g/mol. The van der Waals surface area contributed by atoms with E-state index in [1.54, 1.807) is 6.92 Å². The van der Waals surface area contributed by atoms with Crippen molar-refractivity contribution in [2.45, 2.75) is 31.4 Å². The molecule has 3 heteroatoms. The van der Waals surface area contributed by atoms with Crippen molar-refractivity contribution in [3.8, 4) is 0 Å². The highest BCUT2D eigenvalue weighted by molar-refractivity contribution is 7.81. The molecule has 0 radical (unpaired) electrons. The number of hydrogen-bond acceptors (Lipinski definition) is 3. The van der Waals surface area contributed by atoms with Crippen LogP contribution in [0.1, 0.15) is 26.2 Å². The molecule has 0 aromatic rings. The van der Waals surface area contributed by atoms with E-state index >= 15 is 0 Å². The average Bonchev–Trinajstić information content (AvgIpc) is 2.71. The lowest BCUT2D eigenvalue weighted by molar-refractivity contribution is -0.142. The standard InChI is InChI=1S/C8H14O2S/c1-6(11)8(9)10-5-4-7-2-3-7/h6-7,11H,2-5H2,1H3. The van der Waals surface area contributed by atoms with Gasteiger partial charge in [-0.05, 0) is 19.3 Å². The lowest BCUT2D eigenvalue weighted by atomic mass is 10.3. The highest BCUT2D eigenvalue weighted by atomic mass is 32.1. The van der Waals surface area contributed by atoms with Gasteiger partial charge in [-0.3, -0.25) is 4.79 Å². The van der Waals surface area contributed by atoms with Crippen molar-refractivity contribution in [2.75, 3.05) is 6.61 Å². The van der Waals surface area contributed by atoms with Gasteiger partial charge < -0.3 is 4.74 Å². The molecule has 1 fully saturated rings. The summed E-state index contributed by atoms with van der Waals surface area (Å²) in [4.78, 5) is 10.8. The Balaban J connectivity index is 1.96. The molecule has 0 N–H and O–H groups in total. The monoisotopic (exact) mass is 174 g/mol. The van der Waals surface area contributed by atoms with E-state index in [0.29, 0.717) is 6.61 Å². The Bertz CT molecular complexity index is 141. The van der Waals surface area contributed by atoms with Crippen molar-refractivity contribution in [3.63, 3.8) is 0 Å². The Morgan fingerprint density at radius 1 is 1.73 bits per heavy atom. The second kappa shape index (κ2) is 4.00. The van der Waals surface area contributed by atoms with Gasteiger partial charge in [-0.15, -0.1) is 0 Å². The Hall–Kier alpha value is -0.180. The van der Waals surface area contributed by atoms with Crippen LogP contribution in [-0.4, -0.2) is 17.8 Å². The van der Waals surface area contributed by atoms with Crippen LogP contribution in [0.2, 0.25) is 0 Å². The van der Waals surface area contributed by atoms with Crippen LogP contribution in [0.15, 0.2) is 0 Å². The Morgan fingerprint density at radius 2 is 2.36 bits per heavy atom. The Labute approximate surface area is 72.7 Å². The molecule has 0 heterocycles. The van der Waals surface area contributed by atoms with Crippen LogP contribution < -0.4 is 0 Å². The number of thiol groups is 1. The number of ether oxygens (including phenoxy) is 1. The van der Waals surface area contributed by atoms with Gasteiger partial charge in [0.15, 0.2) is 0 Å². The predicted octanol–water partition coefficient (Wildman–Crippen LogP) is 1.65. The smallest absolute Gasteiger partial charge is 0.318 e. The zero-order chi connectivity index (χ0) is 8.27. The third-order valence-electron chi connectivity index (χ3n) is 1.81. The molecule has 1 unspecified atom stereocenters. The molecular formula is C8H14O2S. The van der Waals surface area contributed by atoms with Gasteiger partial charge in [-0.25, -0.2) is 0 Å². The normalized spacial score (nSPS) is 19.5. The zero-order valence-electron chi connectivity index (χ0n) is 6.75. The largest absolute Gasteiger partial charge is 0.465 e. The minimum absolute atomic E-state index is 0.200. The number of esters is 1. The Morgan fingerprint density at radius 3 is 2.82 bits per heavy atom. The fourth-order valence-electron chi connectivity index (χ4n) is 0.853. The molecule has 1 aliphatic carbocycles.